The number of hydrogen-bond donors (Lipinski definition) is 1. The van der Waals surface area contributed by atoms with E-state index in [4.69, 9.17) is 0 Å². The zero-order valence-electron chi connectivity index (χ0n) is 15.0. The molecule has 5 nitrogen and oxygen atoms in total. The van der Waals surface area contributed by atoms with Gasteiger partial charge in [-0.15, -0.1) is 11.3 Å². The molecule has 1 amide bonds. The largest absolute Gasteiger partial charge is 0.306 e. The fraction of sp³-hybridized carbons (Fsp3) is 0.0500. The third-order valence-corrected chi connectivity index (χ3v) is 4.88. The second kappa shape index (κ2) is 7.51. The van der Waals surface area contributed by atoms with Crippen LogP contribution in [0.5, 0.6) is 0 Å². The Morgan fingerprint density at radius 1 is 1.03 bits per heavy atom. The van der Waals surface area contributed by atoms with Crippen molar-refractivity contribution in [2.24, 2.45) is 0 Å². The van der Waals surface area contributed by atoms with Crippen molar-refractivity contribution in [1.82, 2.24) is 14.8 Å². The Morgan fingerprint density at radius 3 is 2.52 bits per heavy atom. The van der Waals surface area contributed by atoms with Crippen molar-refractivity contribution in [3.63, 3.8) is 0 Å². The van der Waals surface area contributed by atoms with Crippen molar-refractivity contribution in [1.29, 1.82) is 0 Å². The lowest BCUT2D eigenvalue weighted by Crippen LogP contribution is -2.15. The molecule has 0 unspecified atom stereocenters. The number of aryl methyl sites for hydroxylation is 1. The molecule has 0 aliphatic heterocycles. The summed E-state index contributed by atoms with van der Waals surface area (Å²) in [5.74, 6) is -2.75. The van der Waals surface area contributed by atoms with Gasteiger partial charge in [-0.1, -0.05) is 0 Å². The number of anilines is 1. The lowest BCUT2D eigenvalue weighted by Gasteiger charge is -2.07. The number of carbonyl (C=O) groups excluding carboxylic acids is 1. The Bertz CT molecular complexity index is 1200. The van der Waals surface area contributed by atoms with E-state index < -0.39 is 17.5 Å². The standard InChI is InChI=1S/C20H13F3N4OS/c1-11-8-18(25-19(28)13-4-7-15(22)16(23)9-13)27(26-11)20-24-17(10-29-20)12-2-5-14(21)6-3-12/h2-10H,1H3,(H,25,28). The minimum Gasteiger partial charge on any atom is -0.306 e. The van der Waals surface area contributed by atoms with E-state index in [2.05, 4.69) is 15.4 Å². The second-order valence-corrected chi connectivity index (χ2v) is 7.02. The first kappa shape index (κ1) is 18.9. The molecule has 0 saturated heterocycles. The van der Waals surface area contributed by atoms with Gasteiger partial charge in [0, 0.05) is 22.6 Å². The molecule has 4 aromatic rings. The highest BCUT2D eigenvalue weighted by Gasteiger charge is 2.16. The molecule has 0 atom stereocenters. The number of aromatic nitrogens is 3. The van der Waals surface area contributed by atoms with Crippen LogP contribution in [0.4, 0.5) is 19.0 Å². The van der Waals surface area contributed by atoms with E-state index in [1.165, 1.54) is 34.2 Å². The number of halogens is 3. The third-order valence-electron chi connectivity index (χ3n) is 4.07. The maximum atomic E-state index is 13.4. The molecule has 9 heteroatoms. The van der Waals surface area contributed by atoms with Gasteiger partial charge in [0.2, 0.25) is 5.13 Å². The van der Waals surface area contributed by atoms with E-state index in [-0.39, 0.29) is 11.4 Å². The summed E-state index contributed by atoms with van der Waals surface area (Å²) in [6, 6.07) is 10.5. The van der Waals surface area contributed by atoms with Gasteiger partial charge in [-0.25, -0.2) is 18.2 Å². The molecular weight excluding hydrogens is 401 g/mol. The number of hydrogen-bond acceptors (Lipinski definition) is 4. The molecule has 0 aliphatic carbocycles. The summed E-state index contributed by atoms with van der Waals surface area (Å²) < 4.78 is 41.1. The smallest absolute Gasteiger partial charge is 0.256 e. The number of benzene rings is 2. The van der Waals surface area contributed by atoms with Gasteiger partial charge in [0.1, 0.15) is 11.6 Å². The topological polar surface area (TPSA) is 59.8 Å². The number of thiazole rings is 1. The Hall–Kier alpha value is -3.46. The summed E-state index contributed by atoms with van der Waals surface area (Å²) in [4.78, 5) is 16.9. The van der Waals surface area contributed by atoms with E-state index in [1.807, 2.05) is 0 Å². The van der Waals surface area contributed by atoms with Crippen molar-refractivity contribution in [2.45, 2.75) is 6.92 Å². The lowest BCUT2D eigenvalue weighted by atomic mass is 10.2. The SMILES string of the molecule is Cc1cc(NC(=O)c2ccc(F)c(F)c2)n(-c2nc(-c3ccc(F)cc3)cs2)n1. The maximum absolute atomic E-state index is 13.4. The highest BCUT2D eigenvalue weighted by Crippen LogP contribution is 2.27. The van der Waals surface area contributed by atoms with E-state index in [0.717, 1.165) is 17.7 Å². The van der Waals surface area contributed by atoms with E-state index >= 15 is 0 Å². The van der Waals surface area contributed by atoms with Crippen molar-refractivity contribution < 1.29 is 18.0 Å². The molecular formula is C20H13F3N4OS. The summed E-state index contributed by atoms with van der Waals surface area (Å²) in [6.07, 6.45) is 0. The molecule has 2 aromatic heterocycles. The molecule has 2 aromatic carbocycles. The molecule has 1 N–H and O–H groups in total. The van der Waals surface area contributed by atoms with Crippen LogP contribution in [0.1, 0.15) is 16.1 Å². The van der Waals surface area contributed by atoms with E-state index in [9.17, 15) is 18.0 Å². The van der Waals surface area contributed by atoms with Crippen LogP contribution in [0, 0.1) is 24.4 Å². The van der Waals surface area contributed by atoms with E-state index in [1.54, 1.807) is 30.5 Å². The van der Waals surface area contributed by atoms with Crippen molar-refractivity contribution in [3.05, 3.63) is 82.6 Å². The predicted octanol–water partition coefficient (Wildman–Crippen LogP) is 4.97. The van der Waals surface area contributed by atoms with Crippen LogP contribution in [-0.2, 0) is 0 Å². The van der Waals surface area contributed by atoms with Gasteiger partial charge in [-0.2, -0.15) is 9.78 Å². The first-order chi connectivity index (χ1) is 13.9. The average molecular weight is 414 g/mol. The Morgan fingerprint density at radius 2 is 1.79 bits per heavy atom. The zero-order chi connectivity index (χ0) is 20.5. The lowest BCUT2D eigenvalue weighted by molar-refractivity contribution is 0.102. The quantitative estimate of drug-likeness (QED) is 0.513. The normalized spacial score (nSPS) is 10.9. The van der Waals surface area contributed by atoms with Gasteiger partial charge in [-0.05, 0) is 49.4 Å². The number of nitrogens with one attached hydrogen (secondary N) is 1. The van der Waals surface area contributed by atoms with Gasteiger partial charge in [0.25, 0.3) is 5.91 Å². The highest BCUT2D eigenvalue weighted by molar-refractivity contribution is 7.12. The van der Waals surface area contributed by atoms with Crippen molar-refractivity contribution >= 4 is 23.1 Å². The molecule has 146 valence electrons. The number of rotatable bonds is 4. The van der Waals surface area contributed by atoms with Crippen LogP contribution in [0.3, 0.4) is 0 Å². The molecule has 0 aliphatic rings. The predicted molar refractivity (Wildman–Crippen MR) is 104 cm³/mol. The van der Waals surface area contributed by atoms with Crippen LogP contribution in [0.15, 0.2) is 53.9 Å². The minimum absolute atomic E-state index is 0.0274. The average Bonchev–Trinajstić information content (AvgIpc) is 3.31. The second-order valence-electron chi connectivity index (χ2n) is 6.19. The summed E-state index contributed by atoms with van der Waals surface area (Å²) in [5, 5.41) is 9.25. The summed E-state index contributed by atoms with van der Waals surface area (Å²) in [7, 11) is 0. The van der Waals surface area contributed by atoms with Crippen LogP contribution in [0.2, 0.25) is 0 Å². The molecule has 2 heterocycles. The molecule has 29 heavy (non-hydrogen) atoms. The van der Waals surface area contributed by atoms with Crippen LogP contribution in [0.25, 0.3) is 16.4 Å². The van der Waals surface area contributed by atoms with Gasteiger partial charge in [0.15, 0.2) is 11.6 Å². The number of carbonyl (C=O) groups is 1. The Labute approximate surface area is 167 Å². The van der Waals surface area contributed by atoms with Crippen molar-refractivity contribution in [2.75, 3.05) is 5.32 Å². The van der Waals surface area contributed by atoms with Crippen molar-refractivity contribution in [3.8, 4) is 16.4 Å². The molecule has 4 rings (SSSR count). The van der Waals surface area contributed by atoms with Crippen LogP contribution >= 0.6 is 11.3 Å². The molecule has 0 radical (unpaired) electrons. The maximum Gasteiger partial charge on any atom is 0.256 e. The van der Waals surface area contributed by atoms with Gasteiger partial charge in [-0.3, -0.25) is 4.79 Å². The minimum atomic E-state index is -1.11. The number of nitrogens with zero attached hydrogens (tertiary/aromatic N) is 3. The molecule has 0 fully saturated rings. The van der Waals surface area contributed by atoms with Gasteiger partial charge < -0.3 is 5.32 Å². The fourth-order valence-electron chi connectivity index (χ4n) is 2.67. The number of amides is 1. The Kier molecular flexibility index (Phi) is 4.89. The monoisotopic (exact) mass is 414 g/mol. The van der Waals surface area contributed by atoms with Gasteiger partial charge >= 0.3 is 0 Å². The summed E-state index contributed by atoms with van der Waals surface area (Å²) >= 11 is 1.29. The third kappa shape index (κ3) is 3.90. The first-order valence-corrected chi connectivity index (χ1v) is 9.33. The summed E-state index contributed by atoms with van der Waals surface area (Å²) in [5.41, 5.74) is 1.98. The molecule has 0 saturated carbocycles. The van der Waals surface area contributed by atoms with E-state index in [0.29, 0.717) is 22.3 Å². The zero-order valence-corrected chi connectivity index (χ0v) is 15.8. The molecule has 0 spiro atoms. The van der Waals surface area contributed by atoms with Crippen LogP contribution in [-0.4, -0.2) is 20.7 Å². The summed E-state index contributed by atoms with van der Waals surface area (Å²) in [6.45, 7) is 1.75. The molecule has 0 bridgehead atoms. The van der Waals surface area contributed by atoms with Gasteiger partial charge in [0.05, 0.1) is 11.4 Å². The highest BCUT2D eigenvalue weighted by atomic mass is 32.1. The fourth-order valence-corrected chi connectivity index (χ4v) is 3.47. The first-order valence-electron chi connectivity index (χ1n) is 8.45. The van der Waals surface area contributed by atoms with Crippen LogP contribution < -0.4 is 5.32 Å². The Balaban J connectivity index is 1.62.